The third kappa shape index (κ3) is 5.45. The fraction of sp³-hybridized carbons (Fsp3) is 0. The van der Waals surface area contributed by atoms with E-state index in [-0.39, 0.29) is 0 Å². The summed E-state index contributed by atoms with van der Waals surface area (Å²) in [6, 6.07) is 69.3. The molecule has 0 atom stereocenters. The van der Waals surface area contributed by atoms with Gasteiger partial charge in [-0.15, -0.1) is 0 Å². The SMILES string of the molecule is N#Cc1ccc(-c2ccc3c4ccccc4n(-c4ccc5c6ccccc6n(-c6ccccc6-c6nc(-c7ccccc7)nc(-c7ccccc7)n6)c5c4)c3c2)cc1. The second-order valence-corrected chi connectivity index (χ2v) is 14.4. The van der Waals surface area contributed by atoms with E-state index >= 15 is 0 Å². The molecule has 11 rings (SSSR count). The lowest BCUT2D eigenvalue weighted by Gasteiger charge is -2.15. The van der Waals surface area contributed by atoms with Crippen LogP contribution in [-0.4, -0.2) is 24.1 Å². The molecule has 0 N–H and O–H groups in total. The molecule has 3 aromatic heterocycles. The number of nitriles is 1. The van der Waals surface area contributed by atoms with E-state index in [1.807, 2.05) is 84.9 Å². The zero-order valence-electron chi connectivity index (χ0n) is 31.2. The van der Waals surface area contributed by atoms with Crippen LogP contribution in [0.3, 0.4) is 0 Å². The molecule has 270 valence electrons. The molecule has 0 saturated carbocycles. The standard InChI is InChI=1S/C52H32N6/c53-33-34-23-25-35(26-24-34)38-27-29-42-40-17-7-10-20-45(40)57(48(42)31-38)39-28-30-43-41-18-8-11-21-46(41)58(49(43)32-39)47-22-12-9-19-44(47)52-55-50(36-13-3-1-4-14-36)54-51(56-52)37-15-5-2-6-16-37/h1-32H. The molecule has 3 heterocycles. The zero-order valence-corrected chi connectivity index (χ0v) is 31.2. The Hall–Kier alpha value is -8.14. The molecule has 0 spiro atoms. The molecule has 6 heteroatoms. The first-order valence-electron chi connectivity index (χ1n) is 19.3. The van der Waals surface area contributed by atoms with Crippen molar-refractivity contribution in [3.8, 4) is 62.7 Å². The van der Waals surface area contributed by atoms with E-state index in [9.17, 15) is 5.26 Å². The Bertz CT molecular complexity index is 3330. The van der Waals surface area contributed by atoms with Crippen LogP contribution in [0.2, 0.25) is 0 Å². The van der Waals surface area contributed by atoms with Gasteiger partial charge in [-0.05, 0) is 65.7 Å². The average molecular weight is 741 g/mol. The first-order valence-corrected chi connectivity index (χ1v) is 19.3. The van der Waals surface area contributed by atoms with Crippen LogP contribution in [0.5, 0.6) is 0 Å². The first-order chi connectivity index (χ1) is 28.7. The van der Waals surface area contributed by atoms with Crippen LogP contribution < -0.4 is 0 Å². The van der Waals surface area contributed by atoms with E-state index in [2.05, 4.69) is 124 Å². The lowest BCUT2D eigenvalue weighted by atomic mass is 10.0. The maximum atomic E-state index is 9.41. The van der Waals surface area contributed by atoms with Crippen LogP contribution in [0.15, 0.2) is 194 Å². The molecule has 0 unspecified atom stereocenters. The third-order valence-corrected chi connectivity index (χ3v) is 11.0. The van der Waals surface area contributed by atoms with Gasteiger partial charge in [0.1, 0.15) is 0 Å². The summed E-state index contributed by atoms with van der Waals surface area (Å²) in [5.41, 5.74) is 12.0. The van der Waals surface area contributed by atoms with Crippen molar-refractivity contribution in [1.29, 1.82) is 5.26 Å². The van der Waals surface area contributed by atoms with Crippen molar-refractivity contribution in [2.45, 2.75) is 0 Å². The minimum atomic E-state index is 0.600. The van der Waals surface area contributed by atoms with E-state index in [0.717, 1.165) is 72.0 Å². The molecule has 0 aliphatic rings. The highest BCUT2D eigenvalue weighted by atomic mass is 15.1. The Balaban J connectivity index is 1.15. The van der Waals surface area contributed by atoms with E-state index in [1.54, 1.807) is 0 Å². The van der Waals surface area contributed by atoms with Crippen molar-refractivity contribution < 1.29 is 0 Å². The van der Waals surface area contributed by atoms with Crippen LogP contribution in [0.25, 0.3) is 100 Å². The number of fused-ring (bicyclic) bond motifs is 6. The van der Waals surface area contributed by atoms with Gasteiger partial charge < -0.3 is 9.13 Å². The molecular formula is C52H32N6. The van der Waals surface area contributed by atoms with Crippen LogP contribution in [-0.2, 0) is 0 Å². The van der Waals surface area contributed by atoms with E-state index in [0.29, 0.717) is 23.0 Å². The van der Waals surface area contributed by atoms with E-state index in [4.69, 9.17) is 15.0 Å². The summed E-state index contributed by atoms with van der Waals surface area (Å²) in [4.78, 5) is 15.3. The summed E-state index contributed by atoms with van der Waals surface area (Å²) in [7, 11) is 0. The van der Waals surface area contributed by atoms with Crippen LogP contribution in [0.1, 0.15) is 5.56 Å². The third-order valence-electron chi connectivity index (χ3n) is 11.0. The van der Waals surface area contributed by atoms with Crippen molar-refractivity contribution in [2.24, 2.45) is 0 Å². The van der Waals surface area contributed by atoms with Gasteiger partial charge in [-0.25, -0.2) is 15.0 Å². The molecule has 8 aromatic carbocycles. The summed E-state index contributed by atoms with van der Waals surface area (Å²) in [5.74, 6) is 1.84. The monoisotopic (exact) mass is 740 g/mol. The highest BCUT2D eigenvalue weighted by molar-refractivity contribution is 6.12. The van der Waals surface area contributed by atoms with Gasteiger partial charge in [0.15, 0.2) is 17.5 Å². The fourth-order valence-electron chi connectivity index (χ4n) is 8.31. The lowest BCUT2D eigenvalue weighted by molar-refractivity contribution is 1.06. The molecule has 0 saturated heterocycles. The van der Waals surface area contributed by atoms with E-state index < -0.39 is 0 Å². The molecule has 0 radical (unpaired) electrons. The zero-order chi connectivity index (χ0) is 38.6. The Labute approximate surface area is 334 Å². The number of nitrogens with zero attached hydrogens (tertiary/aromatic N) is 6. The predicted octanol–water partition coefficient (Wildman–Crippen LogP) is 12.6. The number of benzene rings is 8. The largest absolute Gasteiger partial charge is 0.309 e. The molecule has 0 amide bonds. The molecular weight excluding hydrogens is 709 g/mol. The molecule has 58 heavy (non-hydrogen) atoms. The summed E-state index contributed by atoms with van der Waals surface area (Å²) < 4.78 is 4.73. The predicted molar refractivity (Wildman–Crippen MR) is 235 cm³/mol. The van der Waals surface area contributed by atoms with Crippen LogP contribution in [0, 0.1) is 11.3 Å². The van der Waals surface area contributed by atoms with Gasteiger partial charge in [-0.1, -0.05) is 140 Å². The second-order valence-electron chi connectivity index (χ2n) is 14.4. The van der Waals surface area contributed by atoms with Gasteiger partial charge in [0.05, 0.1) is 39.4 Å². The maximum Gasteiger partial charge on any atom is 0.166 e. The topological polar surface area (TPSA) is 72.3 Å². The van der Waals surface area contributed by atoms with Crippen LogP contribution >= 0.6 is 0 Å². The summed E-state index contributed by atoms with van der Waals surface area (Å²) >= 11 is 0. The second kappa shape index (κ2) is 13.6. The van der Waals surface area contributed by atoms with Crippen molar-refractivity contribution in [2.75, 3.05) is 0 Å². The number of para-hydroxylation sites is 3. The van der Waals surface area contributed by atoms with Crippen LogP contribution in [0.4, 0.5) is 0 Å². The number of hydrogen-bond acceptors (Lipinski definition) is 4. The summed E-state index contributed by atoms with van der Waals surface area (Å²) in [6.07, 6.45) is 0. The first kappa shape index (κ1) is 33.2. The normalized spacial score (nSPS) is 11.4. The minimum Gasteiger partial charge on any atom is -0.309 e. The fourth-order valence-corrected chi connectivity index (χ4v) is 8.31. The van der Waals surface area contributed by atoms with Crippen molar-refractivity contribution in [3.63, 3.8) is 0 Å². The van der Waals surface area contributed by atoms with Gasteiger partial charge in [-0.2, -0.15) is 5.26 Å². The Morgan fingerprint density at radius 2 is 0.862 bits per heavy atom. The number of rotatable bonds is 6. The Kier molecular flexibility index (Phi) is 7.76. The van der Waals surface area contributed by atoms with Crippen molar-refractivity contribution >= 4 is 43.6 Å². The minimum absolute atomic E-state index is 0.600. The molecule has 0 aliphatic carbocycles. The average Bonchev–Trinajstić information content (AvgIpc) is 3.81. The quantitative estimate of drug-likeness (QED) is 0.170. The van der Waals surface area contributed by atoms with Gasteiger partial charge >= 0.3 is 0 Å². The van der Waals surface area contributed by atoms with Gasteiger partial charge in [0, 0.05) is 43.9 Å². The highest BCUT2D eigenvalue weighted by Crippen LogP contribution is 2.40. The van der Waals surface area contributed by atoms with Crippen molar-refractivity contribution in [3.05, 3.63) is 200 Å². The molecule has 11 aromatic rings. The molecule has 0 aliphatic heterocycles. The summed E-state index contributed by atoms with van der Waals surface area (Å²) in [6.45, 7) is 0. The number of aromatic nitrogens is 5. The summed E-state index contributed by atoms with van der Waals surface area (Å²) in [5, 5.41) is 14.1. The van der Waals surface area contributed by atoms with E-state index in [1.165, 1.54) is 10.8 Å². The Morgan fingerprint density at radius 3 is 1.52 bits per heavy atom. The molecule has 0 fully saturated rings. The Morgan fingerprint density at radius 1 is 0.362 bits per heavy atom. The van der Waals surface area contributed by atoms with Gasteiger partial charge in [0.25, 0.3) is 0 Å². The maximum absolute atomic E-state index is 9.41. The lowest BCUT2D eigenvalue weighted by Crippen LogP contribution is -2.03. The van der Waals surface area contributed by atoms with Gasteiger partial charge in [0.2, 0.25) is 0 Å². The molecule has 6 nitrogen and oxygen atoms in total. The molecule has 0 bridgehead atoms. The van der Waals surface area contributed by atoms with Crippen molar-refractivity contribution in [1.82, 2.24) is 24.1 Å². The smallest absolute Gasteiger partial charge is 0.166 e. The highest BCUT2D eigenvalue weighted by Gasteiger charge is 2.21. The number of hydrogen-bond donors (Lipinski definition) is 0. The van der Waals surface area contributed by atoms with Gasteiger partial charge in [-0.3, -0.25) is 0 Å².